The number of carboxylic acids is 1. The number of carboxylic acid groups (broad SMARTS) is 1. The van der Waals surface area contributed by atoms with Crippen molar-refractivity contribution in [3.05, 3.63) is 70.3 Å². The fourth-order valence-corrected chi connectivity index (χ4v) is 1.69. The van der Waals surface area contributed by atoms with Gasteiger partial charge in [-0.25, -0.2) is 18.4 Å². The Morgan fingerprint density at radius 3 is 1.68 bits per heavy atom. The molecule has 2 rings (SSSR count). The van der Waals surface area contributed by atoms with Gasteiger partial charge in [0.1, 0.15) is 11.6 Å². The van der Waals surface area contributed by atoms with Gasteiger partial charge in [-0.2, -0.15) is 0 Å². The Morgan fingerprint density at radius 1 is 0.960 bits per heavy atom. The third-order valence-electron chi connectivity index (χ3n) is 2.88. The molecule has 0 aliphatic rings. The van der Waals surface area contributed by atoms with E-state index in [9.17, 15) is 18.4 Å². The van der Waals surface area contributed by atoms with E-state index in [0.717, 1.165) is 5.56 Å². The first kappa shape index (κ1) is 25.4. The molecular formula is C17H18F2NaO5+. The molecule has 0 heterocycles. The summed E-state index contributed by atoms with van der Waals surface area (Å²) in [5, 5.41) is 8.42. The number of aromatic carboxylic acids is 1. The normalized spacial score (nSPS) is 8.84. The summed E-state index contributed by atoms with van der Waals surface area (Å²) in [6, 6.07) is 8.39. The topological polar surface area (TPSA) is 93.6 Å². The molecule has 2 aromatic carbocycles. The van der Waals surface area contributed by atoms with Crippen LogP contribution in [0, 0.1) is 25.5 Å². The van der Waals surface area contributed by atoms with Crippen LogP contribution in [0.15, 0.2) is 36.4 Å². The van der Waals surface area contributed by atoms with Gasteiger partial charge in [0.2, 0.25) is 0 Å². The molecule has 2 N–H and O–H groups in total. The minimum absolute atomic E-state index is 0. The Labute approximate surface area is 167 Å². The Kier molecular flexibility index (Phi) is 11.9. The van der Waals surface area contributed by atoms with Gasteiger partial charge >= 0.3 is 42.9 Å². The van der Waals surface area contributed by atoms with Crippen LogP contribution in [0.3, 0.4) is 0 Å². The van der Waals surface area contributed by atoms with Crippen LogP contribution < -0.4 is 29.6 Å². The van der Waals surface area contributed by atoms with Gasteiger partial charge in [-0.15, -0.1) is 0 Å². The van der Waals surface area contributed by atoms with Crippen LogP contribution in [-0.2, 0) is 4.74 Å². The van der Waals surface area contributed by atoms with Crippen molar-refractivity contribution in [2.75, 3.05) is 7.11 Å². The van der Waals surface area contributed by atoms with Gasteiger partial charge in [-0.3, -0.25) is 0 Å². The molecule has 0 aliphatic heterocycles. The molecule has 0 spiro atoms. The monoisotopic (exact) mass is 363 g/mol. The molecular weight excluding hydrogens is 345 g/mol. The zero-order chi connectivity index (χ0) is 17.6. The Morgan fingerprint density at radius 2 is 1.36 bits per heavy atom. The molecule has 5 nitrogen and oxygen atoms in total. The summed E-state index contributed by atoms with van der Waals surface area (Å²) in [4.78, 5) is 21.2. The number of ether oxygens (including phenoxy) is 1. The van der Waals surface area contributed by atoms with Gasteiger partial charge < -0.3 is 15.3 Å². The largest absolute Gasteiger partial charge is 1.00 e. The average Bonchev–Trinajstić information content (AvgIpc) is 2.46. The van der Waals surface area contributed by atoms with Crippen molar-refractivity contribution < 1.29 is 64.7 Å². The van der Waals surface area contributed by atoms with Crippen molar-refractivity contribution in [3.63, 3.8) is 0 Å². The maximum Gasteiger partial charge on any atom is 1.00 e. The van der Waals surface area contributed by atoms with E-state index in [-0.39, 0.29) is 47.6 Å². The van der Waals surface area contributed by atoms with Gasteiger partial charge in [-0.05, 0) is 49.2 Å². The molecule has 0 saturated heterocycles. The summed E-state index contributed by atoms with van der Waals surface area (Å²) in [6.07, 6.45) is 0. The van der Waals surface area contributed by atoms with Crippen molar-refractivity contribution in [2.45, 2.75) is 13.8 Å². The van der Waals surface area contributed by atoms with Crippen LogP contribution in [0.1, 0.15) is 33.3 Å². The van der Waals surface area contributed by atoms with Gasteiger partial charge in [0.05, 0.1) is 18.2 Å². The summed E-state index contributed by atoms with van der Waals surface area (Å²) in [7, 11) is 1.22. The van der Waals surface area contributed by atoms with Crippen LogP contribution in [0.25, 0.3) is 0 Å². The smallest absolute Gasteiger partial charge is 0.870 e. The molecule has 25 heavy (non-hydrogen) atoms. The molecule has 0 saturated carbocycles. The van der Waals surface area contributed by atoms with E-state index in [0.29, 0.717) is 5.56 Å². The standard InChI is InChI=1S/C9H9FO2.C8H7FO2.Na.H2O/c1-6-3-4-7(8(10)5-6)9(11)12-2;1-5-2-3-6(8(10)11)7(9)4-5;;/h3-5H,1-2H3;2-4H,1H3,(H,10,11);;1H2/q;;+1;. The summed E-state index contributed by atoms with van der Waals surface area (Å²) in [6.45, 7) is 3.46. The minimum atomic E-state index is -1.23. The van der Waals surface area contributed by atoms with Crippen molar-refractivity contribution in [1.82, 2.24) is 0 Å². The minimum Gasteiger partial charge on any atom is -0.870 e. The Hall–Kier alpha value is -1.80. The van der Waals surface area contributed by atoms with Gasteiger partial charge in [0.25, 0.3) is 0 Å². The van der Waals surface area contributed by atoms with Crippen LogP contribution >= 0.6 is 0 Å². The summed E-state index contributed by atoms with van der Waals surface area (Å²) < 4.78 is 30.1. The quantitative estimate of drug-likeness (QED) is 0.626. The van der Waals surface area contributed by atoms with Crippen molar-refractivity contribution in [1.29, 1.82) is 0 Å². The molecule has 0 radical (unpaired) electrons. The number of esters is 1. The third-order valence-corrected chi connectivity index (χ3v) is 2.88. The maximum absolute atomic E-state index is 13.0. The molecule has 2 aromatic rings. The number of aryl methyl sites for hydroxylation is 2. The number of methoxy groups -OCH3 is 1. The third kappa shape index (κ3) is 7.74. The van der Waals surface area contributed by atoms with E-state index in [1.807, 2.05) is 0 Å². The maximum atomic E-state index is 13.0. The predicted octanol–water partition coefficient (Wildman–Crippen LogP) is 0.693. The molecule has 0 bridgehead atoms. The molecule has 0 unspecified atom stereocenters. The number of rotatable bonds is 2. The zero-order valence-electron chi connectivity index (χ0n) is 15.3. The molecule has 0 fully saturated rings. The summed E-state index contributed by atoms with van der Waals surface area (Å²) in [5.74, 6) is -3.10. The number of hydrogen-bond acceptors (Lipinski definition) is 4. The molecule has 0 amide bonds. The number of carbonyl (C=O) groups excluding carboxylic acids is 1. The predicted molar refractivity (Wildman–Crippen MR) is 83.6 cm³/mol. The van der Waals surface area contributed by atoms with E-state index in [1.165, 1.54) is 31.4 Å². The Bertz CT molecular complexity index is 741. The van der Waals surface area contributed by atoms with Crippen LogP contribution in [0.4, 0.5) is 8.78 Å². The average molecular weight is 363 g/mol. The number of benzene rings is 2. The van der Waals surface area contributed by atoms with Gasteiger partial charge in [-0.1, -0.05) is 12.1 Å². The molecule has 130 valence electrons. The second-order valence-electron chi connectivity index (χ2n) is 4.76. The van der Waals surface area contributed by atoms with E-state index in [2.05, 4.69) is 4.74 Å². The number of carbonyl (C=O) groups is 2. The molecule has 0 atom stereocenters. The summed E-state index contributed by atoms with van der Waals surface area (Å²) in [5.41, 5.74) is 1.19. The number of hydrogen-bond donors (Lipinski definition) is 1. The van der Waals surface area contributed by atoms with Crippen molar-refractivity contribution >= 4 is 11.9 Å². The molecule has 0 aliphatic carbocycles. The second-order valence-corrected chi connectivity index (χ2v) is 4.76. The first-order chi connectivity index (χ1) is 10.8. The van der Waals surface area contributed by atoms with E-state index in [4.69, 9.17) is 5.11 Å². The summed E-state index contributed by atoms with van der Waals surface area (Å²) >= 11 is 0. The van der Waals surface area contributed by atoms with Crippen LogP contribution in [0.2, 0.25) is 0 Å². The SMILES string of the molecule is COC(=O)c1ccc(C)cc1F.Cc1ccc(C(=O)O)c(F)c1.[H+].[Na+].[OH-]. The second kappa shape index (κ2) is 11.7. The van der Waals surface area contributed by atoms with E-state index in [1.54, 1.807) is 26.0 Å². The zero-order valence-corrected chi connectivity index (χ0v) is 16.3. The van der Waals surface area contributed by atoms with Crippen LogP contribution in [0.5, 0.6) is 0 Å². The van der Waals surface area contributed by atoms with Crippen LogP contribution in [-0.4, -0.2) is 29.6 Å². The first-order valence-corrected chi connectivity index (χ1v) is 6.60. The van der Waals surface area contributed by atoms with E-state index >= 15 is 0 Å². The van der Waals surface area contributed by atoms with Crippen molar-refractivity contribution in [3.8, 4) is 0 Å². The fourth-order valence-electron chi connectivity index (χ4n) is 1.69. The van der Waals surface area contributed by atoms with Gasteiger partial charge in [0, 0.05) is 0 Å². The van der Waals surface area contributed by atoms with Gasteiger partial charge in [0.15, 0.2) is 0 Å². The van der Waals surface area contributed by atoms with E-state index < -0.39 is 23.6 Å². The molecule has 0 aromatic heterocycles. The Balaban J connectivity index is -0.000000366. The van der Waals surface area contributed by atoms with Crippen molar-refractivity contribution in [2.24, 2.45) is 0 Å². The number of halogens is 2. The molecule has 8 heteroatoms. The first-order valence-electron chi connectivity index (χ1n) is 6.60. The fraction of sp³-hybridized carbons (Fsp3) is 0.176.